The minimum Gasteiger partial charge on any atom is -0.462 e. The van der Waals surface area contributed by atoms with E-state index in [-0.39, 0.29) is 23.9 Å². The Hall–Kier alpha value is -1.97. The number of esters is 1. The van der Waals surface area contributed by atoms with Crippen molar-refractivity contribution in [2.24, 2.45) is 11.8 Å². The van der Waals surface area contributed by atoms with Crippen LogP contribution in [0.3, 0.4) is 0 Å². The summed E-state index contributed by atoms with van der Waals surface area (Å²) in [6, 6.07) is 8.87. The van der Waals surface area contributed by atoms with Gasteiger partial charge in [0.2, 0.25) is 0 Å². The van der Waals surface area contributed by atoms with Crippen molar-refractivity contribution in [3.05, 3.63) is 35.9 Å². The molecule has 0 aliphatic carbocycles. The average molecular weight is 260 g/mol. The molecule has 0 saturated carbocycles. The molecule has 4 nitrogen and oxygen atoms in total. The molecule has 1 aliphatic heterocycles. The molecular formula is C15H16O4. The summed E-state index contributed by atoms with van der Waals surface area (Å²) in [5.41, 5.74) is 0.594. The van der Waals surface area contributed by atoms with Gasteiger partial charge in [0.15, 0.2) is 5.78 Å². The van der Waals surface area contributed by atoms with Gasteiger partial charge in [0.1, 0.15) is 17.8 Å². The molecule has 1 aliphatic rings. The Labute approximate surface area is 111 Å². The van der Waals surface area contributed by atoms with E-state index >= 15 is 0 Å². The highest BCUT2D eigenvalue weighted by Crippen LogP contribution is 2.32. The molecule has 0 N–H and O–H groups in total. The Kier molecular flexibility index (Phi) is 3.79. The van der Waals surface area contributed by atoms with Crippen LogP contribution in [-0.4, -0.2) is 23.6 Å². The summed E-state index contributed by atoms with van der Waals surface area (Å²) in [5.74, 6) is -1.98. The molecule has 1 aromatic rings. The number of rotatable bonds is 4. The lowest BCUT2D eigenvalue weighted by atomic mass is 9.83. The van der Waals surface area contributed by atoms with Crippen LogP contribution in [-0.2, 0) is 14.3 Å². The molecule has 1 heterocycles. The van der Waals surface area contributed by atoms with Gasteiger partial charge >= 0.3 is 5.97 Å². The third kappa shape index (κ3) is 2.72. The largest absolute Gasteiger partial charge is 0.462 e. The lowest BCUT2D eigenvalue weighted by Gasteiger charge is -2.15. The number of carbonyl (C=O) groups excluding carboxylic acids is 3. The highest BCUT2D eigenvalue weighted by Gasteiger charge is 2.45. The Morgan fingerprint density at radius 3 is 2.42 bits per heavy atom. The molecule has 1 aromatic carbocycles. The number of benzene rings is 1. The Morgan fingerprint density at radius 2 is 1.84 bits per heavy atom. The van der Waals surface area contributed by atoms with Crippen molar-refractivity contribution in [2.75, 3.05) is 0 Å². The SMILES string of the molecule is CC(=O)[C@H]1C(=O)O[C@H](C)[C@@H]1CC(=O)c1ccccc1. The molecule has 2 rings (SSSR count). The van der Waals surface area contributed by atoms with Crippen LogP contribution in [0.2, 0.25) is 0 Å². The molecule has 0 amide bonds. The highest BCUT2D eigenvalue weighted by molar-refractivity contribution is 6.01. The number of hydrogen-bond donors (Lipinski definition) is 0. The minimum atomic E-state index is -0.803. The lowest BCUT2D eigenvalue weighted by Crippen LogP contribution is -2.27. The monoisotopic (exact) mass is 260 g/mol. The lowest BCUT2D eigenvalue weighted by molar-refractivity contribution is -0.146. The van der Waals surface area contributed by atoms with Crippen LogP contribution < -0.4 is 0 Å². The molecule has 1 fully saturated rings. The summed E-state index contributed by atoms with van der Waals surface area (Å²) in [5, 5.41) is 0. The van der Waals surface area contributed by atoms with E-state index in [9.17, 15) is 14.4 Å². The summed E-state index contributed by atoms with van der Waals surface area (Å²) < 4.78 is 5.07. The van der Waals surface area contributed by atoms with Gasteiger partial charge in [-0.2, -0.15) is 0 Å². The standard InChI is InChI=1S/C15H16O4/c1-9(16)14-12(10(2)19-15(14)18)8-13(17)11-6-4-3-5-7-11/h3-7,10,12,14H,8H2,1-2H3/t10-,12+,14-/m1/s1. The van der Waals surface area contributed by atoms with Crippen LogP contribution >= 0.6 is 0 Å². The maximum Gasteiger partial charge on any atom is 0.317 e. The van der Waals surface area contributed by atoms with Crippen LogP contribution in [0, 0.1) is 11.8 Å². The van der Waals surface area contributed by atoms with Crippen molar-refractivity contribution >= 4 is 17.5 Å². The van der Waals surface area contributed by atoms with Gasteiger partial charge in [0.25, 0.3) is 0 Å². The van der Waals surface area contributed by atoms with Crippen LogP contribution in [0.15, 0.2) is 30.3 Å². The Balaban J connectivity index is 2.15. The number of hydrogen-bond acceptors (Lipinski definition) is 4. The Bertz CT molecular complexity index is 506. The topological polar surface area (TPSA) is 60.4 Å². The zero-order valence-electron chi connectivity index (χ0n) is 11.0. The van der Waals surface area contributed by atoms with E-state index in [0.717, 1.165) is 0 Å². The molecule has 19 heavy (non-hydrogen) atoms. The number of ether oxygens (including phenoxy) is 1. The molecular weight excluding hydrogens is 244 g/mol. The van der Waals surface area contributed by atoms with Gasteiger partial charge < -0.3 is 4.74 Å². The fourth-order valence-electron chi connectivity index (χ4n) is 2.50. The van der Waals surface area contributed by atoms with Gasteiger partial charge in [-0.1, -0.05) is 30.3 Å². The predicted octanol–water partition coefficient (Wildman–Crippen LogP) is 2.03. The molecule has 0 bridgehead atoms. The van der Waals surface area contributed by atoms with E-state index in [2.05, 4.69) is 0 Å². The second-order valence-electron chi connectivity index (χ2n) is 4.89. The number of ketones is 2. The van der Waals surface area contributed by atoms with E-state index < -0.39 is 18.0 Å². The zero-order chi connectivity index (χ0) is 14.0. The van der Waals surface area contributed by atoms with Crippen molar-refractivity contribution in [1.82, 2.24) is 0 Å². The molecule has 0 spiro atoms. The first-order valence-electron chi connectivity index (χ1n) is 6.30. The molecule has 1 saturated heterocycles. The third-order valence-corrected chi connectivity index (χ3v) is 3.54. The van der Waals surface area contributed by atoms with Crippen molar-refractivity contribution < 1.29 is 19.1 Å². The normalized spacial score (nSPS) is 26.0. The van der Waals surface area contributed by atoms with E-state index in [1.54, 1.807) is 31.2 Å². The molecule has 0 radical (unpaired) electrons. The Morgan fingerprint density at radius 1 is 1.21 bits per heavy atom. The van der Waals surface area contributed by atoms with E-state index in [0.29, 0.717) is 5.56 Å². The summed E-state index contributed by atoms with van der Waals surface area (Å²) in [6.07, 6.45) is -0.240. The van der Waals surface area contributed by atoms with Crippen LogP contribution in [0.25, 0.3) is 0 Å². The maximum atomic E-state index is 12.1. The van der Waals surface area contributed by atoms with Gasteiger partial charge in [0, 0.05) is 17.9 Å². The second kappa shape index (κ2) is 5.34. The van der Waals surface area contributed by atoms with E-state index in [4.69, 9.17) is 4.74 Å². The molecule has 0 aromatic heterocycles. The van der Waals surface area contributed by atoms with Crippen LogP contribution in [0.1, 0.15) is 30.6 Å². The number of Topliss-reactive ketones (excluding diaryl/α,β-unsaturated/α-hetero) is 2. The molecule has 100 valence electrons. The molecule has 3 atom stereocenters. The first kappa shape index (κ1) is 13.5. The van der Waals surface area contributed by atoms with Gasteiger partial charge in [-0.15, -0.1) is 0 Å². The van der Waals surface area contributed by atoms with Crippen molar-refractivity contribution in [3.8, 4) is 0 Å². The average Bonchev–Trinajstić information content (AvgIpc) is 2.65. The molecule has 0 unspecified atom stereocenters. The second-order valence-corrected chi connectivity index (χ2v) is 4.89. The minimum absolute atomic E-state index is 0.0676. The van der Waals surface area contributed by atoms with Crippen LogP contribution in [0.4, 0.5) is 0 Å². The van der Waals surface area contributed by atoms with Crippen LogP contribution in [0.5, 0.6) is 0 Å². The van der Waals surface area contributed by atoms with Gasteiger partial charge in [-0.3, -0.25) is 14.4 Å². The van der Waals surface area contributed by atoms with Crippen molar-refractivity contribution in [3.63, 3.8) is 0 Å². The zero-order valence-corrected chi connectivity index (χ0v) is 11.0. The quantitative estimate of drug-likeness (QED) is 0.472. The van der Waals surface area contributed by atoms with Gasteiger partial charge in [0.05, 0.1) is 0 Å². The fraction of sp³-hybridized carbons (Fsp3) is 0.400. The third-order valence-electron chi connectivity index (χ3n) is 3.54. The first-order chi connectivity index (χ1) is 9.00. The van der Waals surface area contributed by atoms with Crippen molar-refractivity contribution in [2.45, 2.75) is 26.4 Å². The predicted molar refractivity (Wildman–Crippen MR) is 68.6 cm³/mol. The first-order valence-corrected chi connectivity index (χ1v) is 6.30. The summed E-state index contributed by atoms with van der Waals surface area (Å²) in [7, 11) is 0. The highest BCUT2D eigenvalue weighted by atomic mass is 16.6. The van der Waals surface area contributed by atoms with Gasteiger partial charge in [-0.05, 0) is 13.8 Å². The van der Waals surface area contributed by atoms with Gasteiger partial charge in [-0.25, -0.2) is 0 Å². The van der Waals surface area contributed by atoms with Crippen molar-refractivity contribution in [1.29, 1.82) is 0 Å². The fourth-order valence-corrected chi connectivity index (χ4v) is 2.50. The summed E-state index contributed by atoms with van der Waals surface area (Å²) in [4.78, 5) is 35.3. The van der Waals surface area contributed by atoms with E-state index in [1.165, 1.54) is 6.92 Å². The maximum absolute atomic E-state index is 12.1. The summed E-state index contributed by atoms with van der Waals surface area (Å²) in [6.45, 7) is 3.09. The number of carbonyl (C=O) groups is 3. The smallest absolute Gasteiger partial charge is 0.317 e. The number of cyclic esters (lactones) is 1. The molecule has 4 heteroatoms. The van der Waals surface area contributed by atoms with E-state index in [1.807, 2.05) is 6.07 Å². The summed E-state index contributed by atoms with van der Waals surface area (Å²) >= 11 is 0.